The van der Waals surface area contributed by atoms with Gasteiger partial charge in [-0.2, -0.15) is 0 Å². The van der Waals surface area contributed by atoms with E-state index in [1.165, 1.54) is 0 Å². The maximum absolute atomic E-state index is 5.09. The van der Waals surface area contributed by atoms with Gasteiger partial charge in [0.1, 0.15) is 5.75 Å². The summed E-state index contributed by atoms with van der Waals surface area (Å²) in [4.78, 5) is 0. The van der Waals surface area contributed by atoms with Crippen LogP contribution >= 0.6 is 12.2 Å². The second kappa shape index (κ2) is 5.89. The van der Waals surface area contributed by atoms with Crippen molar-refractivity contribution in [2.75, 3.05) is 0 Å². The van der Waals surface area contributed by atoms with Gasteiger partial charge in [-0.1, -0.05) is 18.2 Å². The predicted molar refractivity (Wildman–Crippen MR) is 51.8 cm³/mol. The van der Waals surface area contributed by atoms with Crippen molar-refractivity contribution >= 4 is 29.2 Å². The smallest absolute Gasteiger partial charge is 0.477 e. The van der Waals surface area contributed by atoms with Crippen LogP contribution in [0, 0.1) is 6.92 Å². The van der Waals surface area contributed by atoms with E-state index < -0.39 is 0 Å². The van der Waals surface area contributed by atoms with Crippen molar-refractivity contribution in [2.45, 2.75) is 6.92 Å². The van der Waals surface area contributed by atoms with Crippen LogP contribution in [0.5, 0.6) is 5.75 Å². The molecule has 0 aromatic heterocycles. The monoisotopic (exact) mass is 206 g/mol. The van der Waals surface area contributed by atoms with Crippen molar-refractivity contribution in [3.63, 3.8) is 0 Å². The van der Waals surface area contributed by atoms with Gasteiger partial charge in [-0.05, 0) is 18.6 Å². The van der Waals surface area contributed by atoms with Gasteiger partial charge < -0.3 is 29.6 Å². The van der Waals surface area contributed by atoms with E-state index >= 15 is 0 Å². The van der Waals surface area contributed by atoms with Crippen LogP contribution in [-0.4, -0.2) is 4.38 Å². The molecule has 0 spiro atoms. The zero-order chi connectivity index (χ0) is 8.27. The maximum atomic E-state index is 5.09. The fourth-order valence-electron chi connectivity index (χ4n) is 0.761. The average molecular weight is 206 g/mol. The van der Waals surface area contributed by atoms with Gasteiger partial charge in [0.05, 0.1) is 0 Å². The van der Waals surface area contributed by atoms with E-state index in [9.17, 15) is 0 Å². The van der Waals surface area contributed by atoms with Crippen molar-refractivity contribution in [3.8, 4) is 5.75 Å². The van der Waals surface area contributed by atoms with E-state index in [0.717, 1.165) is 11.3 Å². The summed E-state index contributed by atoms with van der Waals surface area (Å²) >= 11 is 9.26. The van der Waals surface area contributed by atoms with Gasteiger partial charge >= 0.3 is 29.6 Å². The van der Waals surface area contributed by atoms with Crippen LogP contribution in [0.2, 0.25) is 0 Å². The molecule has 0 saturated carbocycles. The van der Waals surface area contributed by atoms with Crippen LogP contribution in [0.3, 0.4) is 0 Å². The number of aryl methyl sites for hydroxylation is 1. The Morgan fingerprint density at radius 3 is 2.50 bits per heavy atom. The molecule has 0 N–H and O–H groups in total. The summed E-state index contributed by atoms with van der Waals surface area (Å²) in [7, 11) is 0. The molecule has 0 aliphatic rings. The van der Waals surface area contributed by atoms with Gasteiger partial charge in [-0.25, -0.2) is 0 Å². The Bertz CT molecular complexity index is 276. The second-order valence-corrected chi connectivity index (χ2v) is 3.12. The third-order valence-electron chi connectivity index (χ3n) is 1.29. The molecule has 4 heteroatoms. The Balaban J connectivity index is 0.00000121. The molecule has 0 amide bonds. The largest absolute Gasteiger partial charge is 1.00 e. The molecule has 0 aliphatic carbocycles. The fraction of sp³-hybridized carbons (Fsp3) is 0.125. The SMILES string of the molecule is Cc1ccccc1OC(=S)[S-].[Na+]. The van der Waals surface area contributed by atoms with E-state index in [2.05, 4.69) is 24.8 Å². The van der Waals surface area contributed by atoms with Crippen LogP contribution in [0.15, 0.2) is 24.3 Å². The fourth-order valence-corrected chi connectivity index (χ4v) is 0.940. The third kappa shape index (κ3) is 3.83. The molecule has 0 unspecified atom stereocenters. The van der Waals surface area contributed by atoms with Crippen molar-refractivity contribution in [2.24, 2.45) is 0 Å². The van der Waals surface area contributed by atoms with E-state index in [-0.39, 0.29) is 33.9 Å². The molecule has 58 valence electrons. The van der Waals surface area contributed by atoms with Crippen LogP contribution < -0.4 is 34.3 Å². The number of hydrogen-bond donors (Lipinski definition) is 0. The molecule has 0 aliphatic heterocycles. The topological polar surface area (TPSA) is 9.23 Å². The van der Waals surface area contributed by atoms with Crippen molar-refractivity contribution < 1.29 is 34.3 Å². The molecule has 0 fully saturated rings. The van der Waals surface area contributed by atoms with Crippen molar-refractivity contribution in [3.05, 3.63) is 29.8 Å². The minimum Gasteiger partial charge on any atom is -0.477 e. The Labute approximate surface area is 105 Å². The Hall–Kier alpha value is 0.330. The first kappa shape index (κ1) is 12.3. The summed E-state index contributed by atoms with van der Waals surface area (Å²) in [6, 6.07) is 7.61. The average Bonchev–Trinajstić information content (AvgIpc) is 1.93. The van der Waals surface area contributed by atoms with Gasteiger partial charge in [0.25, 0.3) is 0 Å². The van der Waals surface area contributed by atoms with Crippen molar-refractivity contribution in [1.29, 1.82) is 0 Å². The molecule has 1 aromatic rings. The van der Waals surface area contributed by atoms with Crippen LogP contribution in [0.1, 0.15) is 5.56 Å². The van der Waals surface area contributed by atoms with Crippen LogP contribution in [0.4, 0.5) is 0 Å². The van der Waals surface area contributed by atoms with Gasteiger partial charge in [0.15, 0.2) is 0 Å². The quantitative estimate of drug-likeness (QED) is 0.338. The first-order chi connectivity index (χ1) is 5.20. The molecule has 0 atom stereocenters. The molecule has 1 nitrogen and oxygen atoms in total. The number of hydrogen-bond acceptors (Lipinski definition) is 3. The number of benzene rings is 1. The zero-order valence-corrected chi connectivity index (χ0v) is 10.7. The minimum absolute atomic E-state index is 0. The summed E-state index contributed by atoms with van der Waals surface area (Å²) in [5, 5.41) is 0. The second-order valence-electron chi connectivity index (χ2n) is 2.12. The molecular weight excluding hydrogens is 199 g/mol. The molecule has 0 saturated heterocycles. The summed E-state index contributed by atoms with van der Waals surface area (Å²) in [5.74, 6) is 0.743. The number of para-hydroxylation sites is 1. The van der Waals surface area contributed by atoms with Gasteiger partial charge in [-0.15, -0.1) is 0 Å². The molecule has 0 radical (unpaired) electrons. The predicted octanol–water partition coefficient (Wildman–Crippen LogP) is -0.790. The van der Waals surface area contributed by atoms with E-state index in [0.29, 0.717) is 0 Å². The summed E-state index contributed by atoms with van der Waals surface area (Å²) < 4.78 is 5.23. The molecule has 1 rings (SSSR count). The first-order valence-electron chi connectivity index (χ1n) is 3.14. The number of ether oxygens (including phenoxy) is 1. The summed E-state index contributed by atoms with van der Waals surface area (Å²) in [5.41, 5.74) is 1.04. The van der Waals surface area contributed by atoms with Gasteiger partial charge in [0.2, 0.25) is 0 Å². The number of thiocarbonyl (C=S) groups is 1. The Morgan fingerprint density at radius 1 is 1.42 bits per heavy atom. The zero-order valence-electron chi connectivity index (χ0n) is 7.03. The van der Waals surface area contributed by atoms with E-state index in [1.807, 2.05) is 31.2 Å². The van der Waals surface area contributed by atoms with E-state index in [1.54, 1.807) is 0 Å². The summed E-state index contributed by atoms with van der Waals surface area (Å²) in [6.45, 7) is 1.95. The summed E-state index contributed by atoms with van der Waals surface area (Å²) in [6.07, 6.45) is 0. The molecule has 1 aromatic carbocycles. The minimum atomic E-state index is 0. The normalized spacial score (nSPS) is 8.42. The van der Waals surface area contributed by atoms with Gasteiger partial charge in [0, 0.05) is 4.38 Å². The molecule has 12 heavy (non-hydrogen) atoms. The Morgan fingerprint density at radius 2 is 2.00 bits per heavy atom. The van der Waals surface area contributed by atoms with Crippen LogP contribution in [-0.2, 0) is 12.6 Å². The van der Waals surface area contributed by atoms with Crippen LogP contribution in [0.25, 0.3) is 0 Å². The van der Waals surface area contributed by atoms with E-state index in [4.69, 9.17) is 4.74 Å². The molecular formula is C8H7NaOS2. The maximum Gasteiger partial charge on any atom is 1.00 e. The number of rotatable bonds is 1. The standard InChI is InChI=1S/C8H8OS2.Na/c1-6-4-2-3-5-7(6)9-8(10)11;/h2-5H,1H3,(H,10,11);/q;+1/p-1. The Kier molecular flexibility index (Phi) is 6.05. The van der Waals surface area contributed by atoms with Crippen molar-refractivity contribution in [1.82, 2.24) is 0 Å². The van der Waals surface area contributed by atoms with Gasteiger partial charge in [-0.3, -0.25) is 0 Å². The third-order valence-corrected chi connectivity index (χ3v) is 1.45. The molecule has 0 heterocycles. The first-order valence-corrected chi connectivity index (χ1v) is 3.96. The molecule has 0 bridgehead atoms.